The van der Waals surface area contributed by atoms with Gasteiger partial charge in [0, 0.05) is 9.63 Å². The zero-order chi connectivity index (χ0) is 9.31. The molecule has 0 saturated carbocycles. The van der Waals surface area contributed by atoms with Crippen molar-refractivity contribution in [3.63, 3.8) is 0 Å². The maximum Gasteiger partial charge on any atom is 1.00 e. The average molecular weight is 206 g/mol. The van der Waals surface area contributed by atoms with Gasteiger partial charge in [0.05, 0.1) is 5.75 Å². The number of hydrogen-bond donors (Lipinski definition) is 2. The van der Waals surface area contributed by atoms with Crippen LogP contribution in [0.25, 0.3) is 0 Å². The molecule has 0 heterocycles. The van der Waals surface area contributed by atoms with Crippen molar-refractivity contribution in [1.82, 2.24) is 0 Å². The van der Waals surface area contributed by atoms with E-state index in [-0.39, 0.29) is 29.6 Å². The van der Waals surface area contributed by atoms with Crippen molar-refractivity contribution in [1.29, 1.82) is 0 Å². The van der Waals surface area contributed by atoms with Crippen LogP contribution in [0.15, 0.2) is 0 Å². The van der Waals surface area contributed by atoms with Crippen molar-refractivity contribution >= 4 is 20.7 Å². The van der Waals surface area contributed by atoms with Gasteiger partial charge in [0.2, 0.25) is 0 Å². The summed E-state index contributed by atoms with van der Waals surface area (Å²) in [6.45, 7) is 0.866. The molecule has 66 valence electrons. The summed E-state index contributed by atoms with van der Waals surface area (Å²) in [5.74, 6) is -2.31. The van der Waals surface area contributed by atoms with E-state index in [2.05, 4.69) is 0 Å². The van der Waals surface area contributed by atoms with E-state index in [1.165, 1.54) is 0 Å². The summed E-state index contributed by atoms with van der Waals surface area (Å²) in [6.07, 6.45) is 0. The number of hydrogen-bond acceptors (Lipinski definition) is 4. The van der Waals surface area contributed by atoms with Gasteiger partial charge in [-0.1, -0.05) is 0 Å². The van der Waals surface area contributed by atoms with Crippen LogP contribution in [0, 0.1) is 0 Å². The Kier molecular flexibility index (Phi) is 4.84. The number of sulfone groups is 1. The number of carboxylic acid groups (broad SMARTS) is 1. The van der Waals surface area contributed by atoms with Crippen molar-refractivity contribution in [2.24, 2.45) is 0 Å². The largest absolute Gasteiger partial charge is 1.00 e. The molecule has 0 aliphatic heterocycles. The molecule has 0 amide bonds. The van der Waals surface area contributed by atoms with Gasteiger partial charge in [0.1, 0.15) is 5.78 Å². The minimum Gasteiger partial charge on any atom is -0.761 e. The molecule has 0 spiro atoms. The molecular formula is C4H7NaO6S. The second kappa shape index (κ2) is 3.95. The smallest absolute Gasteiger partial charge is 0.761 e. The Morgan fingerprint density at radius 1 is 1.50 bits per heavy atom. The summed E-state index contributed by atoms with van der Waals surface area (Å²) in [4.78, 5) is 20.1. The third-order valence-corrected chi connectivity index (χ3v) is 2.41. The predicted octanol–water partition coefficient (Wildman–Crippen LogP) is -3.32. The van der Waals surface area contributed by atoms with E-state index in [9.17, 15) is 18.4 Å². The summed E-state index contributed by atoms with van der Waals surface area (Å²) < 4.78 is 29.4. The van der Waals surface area contributed by atoms with Crippen molar-refractivity contribution in [3.05, 3.63) is 0 Å². The maximum atomic E-state index is 10.5. The molecule has 0 aromatic heterocycles. The molecule has 0 rings (SSSR count). The zero-order valence-corrected chi connectivity index (χ0v) is 9.46. The van der Waals surface area contributed by atoms with Crippen LogP contribution < -0.4 is 29.6 Å². The first-order valence-corrected chi connectivity index (χ1v) is 4.51. The summed E-state index contributed by atoms with van der Waals surface area (Å²) in [7, 11) is -6.00. The van der Waals surface area contributed by atoms with E-state index in [4.69, 9.17) is 9.66 Å². The van der Waals surface area contributed by atoms with E-state index in [1.807, 2.05) is 0 Å². The van der Waals surface area contributed by atoms with E-state index in [1.54, 1.807) is 0 Å². The second-order valence-corrected chi connectivity index (χ2v) is 4.70. The zero-order valence-electron chi connectivity index (χ0n) is 6.64. The summed E-state index contributed by atoms with van der Waals surface area (Å²) in [5.41, 5.74) is 0. The normalized spacial score (nSPS) is 13.8. The number of ketones is 1. The fourth-order valence-electron chi connectivity index (χ4n) is 0.420. The van der Waals surface area contributed by atoms with Crippen LogP contribution in [0.2, 0.25) is 0 Å². The summed E-state index contributed by atoms with van der Waals surface area (Å²) >= 11 is 0. The molecular weight excluding hydrogens is 199 g/mol. The van der Waals surface area contributed by atoms with Gasteiger partial charge in [-0.2, -0.15) is 0 Å². The first-order valence-electron chi connectivity index (χ1n) is 2.49. The molecule has 6 nitrogen and oxygen atoms in total. The Hall–Kier alpha value is 0.210. The van der Waals surface area contributed by atoms with Crippen LogP contribution in [0.4, 0.5) is 4.79 Å². The number of carbonyl (C=O) groups excluding carboxylic acids is 1. The van der Waals surface area contributed by atoms with Crippen LogP contribution in [-0.2, 0) is 14.4 Å². The Morgan fingerprint density at radius 2 is 1.83 bits per heavy atom. The molecule has 2 N–H and O–H groups in total. The summed E-state index contributed by atoms with van der Waals surface area (Å²) in [6, 6.07) is 0. The molecule has 0 fully saturated rings. The van der Waals surface area contributed by atoms with Gasteiger partial charge in [0.25, 0.3) is 0 Å². The van der Waals surface area contributed by atoms with Crippen LogP contribution >= 0.6 is 0 Å². The minimum atomic E-state index is -6.00. The SMILES string of the molecule is CC(=O)CS(=O)([O-])(O)C(=O)O.[Na+]. The van der Waals surface area contributed by atoms with Crippen molar-refractivity contribution in [2.75, 3.05) is 5.75 Å². The Balaban J connectivity index is 0. The Labute approximate surface area is 90.7 Å². The fourth-order valence-corrected chi connectivity index (χ4v) is 1.26. The van der Waals surface area contributed by atoms with E-state index < -0.39 is 26.5 Å². The predicted molar refractivity (Wildman–Crippen MR) is 35.1 cm³/mol. The topological polar surface area (TPSA) is 115 Å². The van der Waals surface area contributed by atoms with E-state index in [0.29, 0.717) is 0 Å². The molecule has 0 aromatic carbocycles. The van der Waals surface area contributed by atoms with Crippen LogP contribution in [0.3, 0.4) is 0 Å². The first-order chi connectivity index (χ1) is 4.63. The molecule has 0 saturated heterocycles. The molecule has 0 aliphatic rings. The standard InChI is InChI=1S/C4H8O6S.Na/c1-3(5)2-11(8,9,10)4(6)7;/h2H2,1H3,(H,6,7)(H2,8,9,10);/q;+1/p-1. The molecule has 12 heavy (non-hydrogen) atoms. The van der Waals surface area contributed by atoms with Crippen molar-refractivity contribution < 1.29 is 57.6 Å². The minimum absolute atomic E-state index is 0. The maximum absolute atomic E-state index is 10.5. The van der Waals surface area contributed by atoms with Crippen LogP contribution in [-0.4, -0.2) is 35.3 Å². The molecule has 0 unspecified atom stereocenters. The van der Waals surface area contributed by atoms with Gasteiger partial charge in [0.15, 0.2) is 0 Å². The van der Waals surface area contributed by atoms with Gasteiger partial charge in [-0.3, -0.25) is 9.00 Å². The Morgan fingerprint density at radius 3 is 1.92 bits per heavy atom. The van der Waals surface area contributed by atoms with E-state index in [0.717, 1.165) is 6.92 Å². The van der Waals surface area contributed by atoms with Crippen LogP contribution in [0.5, 0.6) is 0 Å². The Bertz CT molecular complexity index is 265. The number of rotatable bonds is 2. The monoisotopic (exact) mass is 206 g/mol. The number of Topliss-reactive ketones (excluding diaryl/α,β-unsaturated/α-hetero) is 1. The molecule has 0 radical (unpaired) electrons. The molecule has 0 aliphatic carbocycles. The second-order valence-electron chi connectivity index (χ2n) is 2.10. The van der Waals surface area contributed by atoms with Gasteiger partial charge in [-0.05, 0) is 6.92 Å². The van der Waals surface area contributed by atoms with Gasteiger partial charge in [-0.15, -0.1) is 0 Å². The van der Waals surface area contributed by atoms with Crippen molar-refractivity contribution in [2.45, 2.75) is 6.92 Å². The van der Waals surface area contributed by atoms with Crippen molar-refractivity contribution in [3.8, 4) is 0 Å². The fraction of sp³-hybridized carbons (Fsp3) is 0.500. The van der Waals surface area contributed by atoms with Gasteiger partial charge >= 0.3 is 34.9 Å². The molecule has 0 bridgehead atoms. The average Bonchev–Trinajstić information content (AvgIpc) is 1.57. The quantitative estimate of drug-likeness (QED) is 0.457. The molecule has 0 aromatic rings. The van der Waals surface area contributed by atoms with Gasteiger partial charge < -0.3 is 14.2 Å². The van der Waals surface area contributed by atoms with Crippen LogP contribution in [0.1, 0.15) is 6.92 Å². The number of carbonyl (C=O) groups is 2. The third kappa shape index (κ3) is 4.29. The first kappa shape index (κ1) is 14.7. The van der Waals surface area contributed by atoms with E-state index >= 15 is 0 Å². The van der Waals surface area contributed by atoms with Gasteiger partial charge in [-0.25, -0.2) is 4.79 Å². The molecule has 0 atom stereocenters. The summed E-state index contributed by atoms with van der Waals surface area (Å²) in [5, 5.41) is 5.58. The molecule has 8 heteroatoms. The third-order valence-electron chi connectivity index (χ3n) is 0.802.